The summed E-state index contributed by atoms with van der Waals surface area (Å²) in [6.45, 7) is 0. The SMILES string of the molecule is N=c1cc2ncnc3nc[nH]c3nc-2n1. The third-order valence-corrected chi connectivity index (χ3v) is 1.92. The summed E-state index contributed by atoms with van der Waals surface area (Å²) in [5.41, 5.74) is 1.69. The molecule has 15 heavy (non-hydrogen) atoms. The second kappa shape index (κ2) is 2.77. The molecule has 0 fully saturated rings. The molecule has 2 N–H and O–H groups in total. The summed E-state index contributed by atoms with van der Waals surface area (Å²) in [5, 5.41) is 7.38. The molecule has 0 unspecified atom stereocenters. The number of fused-ring (bicyclic) bond motifs is 2. The van der Waals surface area contributed by atoms with Crippen molar-refractivity contribution in [1.29, 1.82) is 5.41 Å². The molecule has 0 aromatic carbocycles. The van der Waals surface area contributed by atoms with Crippen molar-refractivity contribution < 1.29 is 0 Å². The maximum atomic E-state index is 7.38. The number of nitrogens with zero attached hydrogens (tertiary/aromatic N) is 5. The van der Waals surface area contributed by atoms with Gasteiger partial charge < -0.3 is 4.98 Å². The van der Waals surface area contributed by atoms with Gasteiger partial charge in [-0.05, 0) is 0 Å². The van der Waals surface area contributed by atoms with Crippen LogP contribution in [0.5, 0.6) is 0 Å². The van der Waals surface area contributed by atoms with E-state index in [0.29, 0.717) is 22.8 Å². The van der Waals surface area contributed by atoms with E-state index in [1.807, 2.05) is 0 Å². The summed E-state index contributed by atoms with van der Waals surface area (Å²) >= 11 is 0. The Morgan fingerprint density at radius 3 is 3.00 bits per heavy atom. The lowest BCUT2D eigenvalue weighted by Crippen LogP contribution is -1.94. The van der Waals surface area contributed by atoms with Gasteiger partial charge in [-0.15, -0.1) is 0 Å². The van der Waals surface area contributed by atoms with Gasteiger partial charge >= 0.3 is 0 Å². The first-order chi connectivity index (χ1) is 7.33. The fourth-order valence-electron chi connectivity index (χ4n) is 1.28. The fourth-order valence-corrected chi connectivity index (χ4v) is 1.28. The Hall–Kier alpha value is -2.44. The van der Waals surface area contributed by atoms with Gasteiger partial charge in [0.2, 0.25) is 0 Å². The van der Waals surface area contributed by atoms with E-state index in [1.165, 1.54) is 18.7 Å². The van der Waals surface area contributed by atoms with Crippen LogP contribution in [-0.4, -0.2) is 29.9 Å². The highest BCUT2D eigenvalue weighted by Gasteiger charge is 2.07. The van der Waals surface area contributed by atoms with Gasteiger partial charge in [0.05, 0.1) is 6.33 Å². The molecule has 0 saturated carbocycles. The van der Waals surface area contributed by atoms with Gasteiger partial charge in [-0.3, -0.25) is 5.41 Å². The molecule has 0 saturated heterocycles. The molecule has 2 aliphatic rings. The second-order valence-electron chi connectivity index (χ2n) is 2.91. The maximum absolute atomic E-state index is 7.38. The lowest BCUT2D eigenvalue weighted by molar-refractivity contribution is 1.11. The minimum absolute atomic E-state index is 0.142. The van der Waals surface area contributed by atoms with Gasteiger partial charge in [-0.25, -0.2) is 24.9 Å². The third kappa shape index (κ3) is 1.21. The first-order valence-corrected chi connectivity index (χ1v) is 4.21. The molecule has 0 atom stereocenters. The van der Waals surface area contributed by atoms with Crippen LogP contribution in [0.4, 0.5) is 0 Å². The van der Waals surface area contributed by atoms with Gasteiger partial charge in [0.15, 0.2) is 17.1 Å². The number of rotatable bonds is 0. The second-order valence-corrected chi connectivity index (χ2v) is 2.91. The van der Waals surface area contributed by atoms with Gasteiger partial charge in [0, 0.05) is 6.07 Å². The normalized spacial score (nSPS) is 10.9. The highest BCUT2D eigenvalue weighted by Crippen LogP contribution is 2.09. The molecule has 2 aliphatic heterocycles. The molecular weight excluding hydrogens is 194 g/mol. The molecule has 0 spiro atoms. The zero-order valence-corrected chi connectivity index (χ0v) is 7.47. The van der Waals surface area contributed by atoms with E-state index in [1.54, 1.807) is 0 Å². The first-order valence-electron chi connectivity index (χ1n) is 4.21. The molecular formula is C8H5N7. The van der Waals surface area contributed by atoms with Crippen LogP contribution in [0.3, 0.4) is 0 Å². The third-order valence-electron chi connectivity index (χ3n) is 1.92. The lowest BCUT2D eigenvalue weighted by Gasteiger charge is -1.89. The predicted molar refractivity (Wildman–Crippen MR) is 49.8 cm³/mol. The standard InChI is InChI=1S/C8H5N7/c9-5-1-4-6(14-5)15-8-7(11-2-10-4)12-3-13-8/h1-3H,(H2,9,10,11,12,13,14,15). The first kappa shape index (κ1) is 7.92. The summed E-state index contributed by atoms with van der Waals surface area (Å²) in [7, 11) is 0. The summed E-state index contributed by atoms with van der Waals surface area (Å²) in [6.07, 6.45) is 2.88. The van der Waals surface area contributed by atoms with E-state index < -0.39 is 0 Å². The van der Waals surface area contributed by atoms with Crippen LogP contribution in [0.2, 0.25) is 0 Å². The molecule has 0 bridgehead atoms. The average Bonchev–Trinajstić information content (AvgIpc) is 2.73. The number of nitrogens with one attached hydrogen (secondary N) is 2. The number of aromatic amines is 1. The zero-order chi connectivity index (χ0) is 10.3. The highest BCUT2D eigenvalue weighted by molar-refractivity contribution is 5.65. The minimum atomic E-state index is 0.142. The van der Waals surface area contributed by atoms with Crippen molar-refractivity contribution >= 4 is 11.3 Å². The topological polar surface area (TPSA) is 104 Å². The van der Waals surface area contributed by atoms with E-state index in [9.17, 15) is 0 Å². The van der Waals surface area contributed by atoms with Crippen molar-refractivity contribution in [1.82, 2.24) is 29.9 Å². The average molecular weight is 199 g/mol. The Kier molecular flexibility index (Phi) is 1.46. The van der Waals surface area contributed by atoms with E-state index >= 15 is 0 Å². The summed E-state index contributed by atoms with van der Waals surface area (Å²) in [6, 6.07) is 1.53. The van der Waals surface area contributed by atoms with E-state index in [0.717, 1.165) is 0 Å². The van der Waals surface area contributed by atoms with Crippen LogP contribution in [0.15, 0.2) is 18.7 Å². The molecule has 1 aromatic heterocycles. The van der Waals surface area contributed by atoms with Crippen molar-refractivity contribution in [2.75, 3.05) is 0 Å². The quantitative estimate of drug-likeness (QED) is 0.518. The number of hydrogen-bond donors (Lipinski definition) is 2. The van der Waals surface area contributed by atoms with Crippen LogP contribution < -0.4 is 5.49 Å². The Morgan fingerprint density at radius 1 is 1.13 bits per heavy atom. The van der Waals surface area contributed by atoms with Crippen molar-refractivity contribution in [2.45, 2.75) is 0 Å². The van der Waals surface area contributed by atoms with E-state index in [4.69, 9.17) is 5.41 Å². The molecule has 0 aliphatic carbocycles. The van der Waals surface area contributed by atoms with Crippen LogP contribution in [-0.2, 0) is 0 Å². The van der Waals surface area contributed by atoms with Gasteiger partial charge in [-0.1, -0.05) is 0 Å². The van der Waals surface area contributed by atoms with Crippen LogP contribution in [0, 0.1) is 5.41 Å². The van der Waals surface area contributed by atoms with Gasteiger partial charge in [-0.2, -0.15) is 0 Å². The van der Waals surface area contributed by atoms with E-state index in [-0.39, 0.29) is 5.49 Å². The number of imidazole rings is 1. The summed E-state index contributed by atoms with van der Waals surface area (Å²) < 4.78 is 0. The predicted octanol–water partition coefficient (Wildman–Crippen LogP) is -0.273. The van der Waals surface area contributed by atoms with Gasteiger partial charge in [0.25, 0.3) is 0 Å². The van der Waals surface area contributed by atoms with E-state index in [2.05, 4.69) is 29.9 Å². The van der Waals surface area contributed by atoms with Gasteiger partial charge in [0.1, 0.15) is 17.5 Å². The van der Waals surface area contributed by atoms with Crippen molar-refractivity contribution in [2.24, 2.45) is 0 Å². The lowest BCUT2D eigenvalue weighted by atomic mass is 10.4. The molecule has 7 heteroatoms. The molecule has 72 valence electrons. The fraction of sp³-hybridized carbons (Fsp3) is 0. The Bertz CT molecular complexity index is 658. The smallest absolute Gasteiger partial charge is 0.198 e. The minimum Gasteiger partial charge on any atom is -0.328 e. The largest absolute Gasteiger partial charge is 0.328 e. The Balaban J connectivity index is 2.50. The highest BCUT2D eigenvalue weighted by atomic mass is 15.1. The molecule has 1 aromatic rings. The monoisotopic (exact) mass is 199 g/mol. The number of hydrogen-bond acceptors (Lipinski definition) is 6. The summed E-state index contributed by atoms with van der Waals surface area (Å²) in [4.78, 5) is 22.9. The Morgan fingerprint density at radius 2 is 2.07 bits per heavy atom. The van der Waals surface area contributed by atoms with Crippen molar-refractivity contribution in [3.05, 3.63) is 24.2 Å². The van der Waals surface area contributed by atoms with Crippen LogP contribution in [0.1, 0.15) is 0 Å². The van der Waals surface area contributed by atoms with Crippen LogP contribution >= 0.6 is 0 Å². The zero-order valence-electron chi connectivity index (χ0n) is 7.47. The molecule has 0 radical (unpaired) electrons. The van der Waals surface area contributed by atoms with Crippen molar-refractivity contribution in [3.63, 3.8) is 0 Å². The Labute approximate surface area is 83.2 Å². The van der Waals surface area contributed by atoms with Crippen molar-refractivity contribution in [3.8, 4) is 11.5 Å². The molecule has 0 amide bonds. The molecule has 3 rings (SSSR count). The summed E-state index contributed by atoms with van der Waals surface area (Å²) in [5.74, 6) is 0.414. The molecule has 3 heterocycles. The number of H-pyrrole nitrogens is 1. The number of aromatic nitrogens is 6. The molecule has 7 nitrogen and oxygen atoms in total. The maximum Gasteiger partial charge on any atom is 0.198 e. The van der Waals surface area contributed by atoms with Crippen LogP contribution in [0.25, 0.3) is 22.8 Å².